The van der Waals surface area contributed by atoms with Crippen molar-refractivity contribution in [3.63, 3.8) is 0 Å². The number of fused-ring (bicyclic) bond motifs is 1. The molecule has 0 fully saturated rings. The third kappa shape index (κ3) is 4.74. The Kier molecular flexibility index (Phi) is 7.12. The third-order valence-electron chi connectivity index (χ3n) is 5.58. The van der Waals surface area contributed by atoms with Crippen LogP contribution in [-0.4, -0.2) is 39.5 Å². The lowest BCUT2D eigenvalue weighted by Gasteiger charge is -2.14. The van der Waals surface area contributed by atoms with Gasteiger partial charge in [0.15, 0.2) is 29.6 Å². The zero-order chi connectivity index (χ0) is 25.1. The molecule has 1 aliphatic heterocycles. The Labute approximate surface area is 211 Å². The standard InChI is InChI=1S/C27H23BrO7/c1-15-21(34-14-20(29)16-5-8-18(28)9-6-16)12-10-19-24(30)23(35-25(15)19)13-17-7-11-22(31-2)27(33-4)26(17)32-3/h5-13H,14H2,1-4H3/b23-13-. The highest BCUT2D eigenvalue weighted by atomic mass is 79.9. The summed E-state index contributed by atoms with van der Waals surface area (Å²) < 4.78 is 28.8. The molecule has 0 atom stereocenters. The second kappa shape index (κ2) is 10.2. The minimum atomic E-state index is -0.266. The summed E-state index contributed by atoms with van der Waals surface area (Å²) in [6.07, 6.45) is 1.60. The first-order valence-corrected chi connectivity index (χ1v) is 11.5. The van der Waals surface area contributed by atoms with Gasteiger partial charge in [-0.1, -0.05) is 28.1 Å². The van der Waals surface area contributed by atoms with Crippen LogP contribution in [0.5, 0.6) is 28.7 Å². The maximum Gasteiger partial charge on any atom is 0.231 e. The molecule has 0 radical (unpaired) electrons. The lowest BCUT2D eigenvalue weighted by Crippen LogP contribution is -2.12. The SMILES string of the molecule is COc1ccc(/C=C2\Oc3c(ccc(OCC(=O)c4ccc(Br)cc4)c3C)C2=O)c(OC)c1OC. The van der Waals surface area contributed by atoms with E-state index < -0.39 is 0 Å². The highest BCUT2D eigenvalue weighted by Gasteiger charge is 2.31. The fraction of sp³-hybridized carbons (Fsp3) is 0.185. The topological polar surface area (TPSA) is 80.3 Å². The van der Waals surface area contributed by atoms with Gasteiger partial charge in [-0.2, -0.15) is 0 Å². The number of ether oxygens (including phenoxy) is 5. The zero-order valence-corrected chi connectivity index (χ0v) is 21.2. The Hall–Kier alpha value is -3.78. The molecule has 0 bridgehead atoms. The van der Waals surface area contributed by atoms with Crippen LogP contribution >= 0.6 is 15.9 Å². The summed E-state index contributed by atoms with van der Waals surface area (Å²) in [5.74, 6) is 1.91. The predicted octanol–water partition coefficient (Wildman–Crippen LogP) is 5.66. The number of carbonyl (C=O) groups excluding carboxylic acids is 2. The predicted molar refractivity (Wildman–Crippen MR) is 134 cm³/mol. The van der Waals surface area contributed by atoms with E-state index in [4.69, 9.17) is 23.7 Å². The number of carbonyl (C=O) groups is 2. The Balaban J connectivity index is 1.58. The van der Waals surface area contributed by atoms with Crippen LogP contribution in [-0.2, 0) is 0 Å². The van der Waals surface area contributed by atoms with E-state index in [2.05, 4.69) is 15.9 Å². The molecular formula is C27H23BrO7. The monoisotopic (exact) mass is 538 g/mol. The summed E-state index contributed by atoms with van der Waals surface area (Å²) in [5, 5.41) is 0. The number of halogens is 1. The van der Waals surface area contributed by atoms with Crippen molar-refractivity contribution >= 4 is 33.6 Å². The first-order valence-electron chi connectivity index (χ1n) is 10.7. The van der Waals surface area contributed by atoms with E-state index in [1.165, 1.54) is 21.3 Å². The van der Waals surface area contributed by atoms with Crippen molar-refractivity contribution < 1.29 is 33.3 Å². The molecule has 8 heteroatoms. The van der Waals surface area contributed by atoms with Crippen LogP contribution in [0.25, 0.3) is 6.08 Å². The van der Waals surface area contributed by atoms with Crippen molar-refractivity contribution in [3.8, 4) is 28.7 Å². The Morgan fingerprint density at radius 3 is 2.26 bits per heavy atom. The normalized spacial score (nSPS) is 13.3. The molecule has 7 nitrogen and oxygen atoms in total. The second-order valence-electron chi connectivity index (χ2n) is 7.65. The summed E-state index contributed by atoms with van der Waals surface area (Å²) in [6, 6.07) is 13.8. The number of rotatable bonds is 8. The van der Waals surface area contributed by atoms with Crippen molar-refractivity contribution in [3.05, 3.63) is 81.0 Å². The van der Waals surface area contributed by atoms with E-state index in [0.717, 1.165) is 4.47 Å². The van der Waals surface area contributed by atoms with Gasteiger partial charge in [0.1, 0.15) is 11.5 Å². The second-order valence-corrected chi connectivity index (χ2v) is 8.56. The van der Waals surface area contributed by atoms with Crippen LogP contribution in [0.2, 0.25) is 0 Å². The number of ketones is 2. The van der Waals surface area contributed by atoms with Gasteiger partial charge in [0.25, 0.3) is 0 Å². The van der Waals surface area contributed by atoms with E-state index in [1.54, 1.807) is 61.5 Å². The van der Waals surface area contributed by atoms with E-state index in [0.29, 0.717) is 51.0 Å². The summed E-state index contributed by atoms with van der Waals surface area (Å²) in [5.41, 5.74) is 2.19. The van der Waals surface area contributed by atoms with Crippen LogP contribution in [0, 0.1) is 6.92 Å². The van der Waals surface area contributed by atoms with Crippen LogP contribution in [0.15, 0.2) is 58.8 Å². The number of hydrogen-bond acceptors (Lipinski definition) is 7. The third-order valence-corrected chi connectivity index (χ3v) is 6.11. The Bertz CT molecular complexity index is 1330. The molecule has 0 spiro atoms. The smallest absolute Gasteiger partial charge is 0.231 e. The molecule has 0 saturated heterocycles. The summed E-state index contributed by atoms with van der Waals surface area (Å²) >= 11 is 3.35. The van der Waals surface area contributed by atoms with E-state index >= 15 is 0 Å². The van der Waals surface area contributed by atoms with E-state index in [9.17, 15) is 9.59 Å². The lowest BCUT2D eigenvalue weighted by atomic mass is 10.1. The largest absolute Gasteiger partial charge is 0.493 e. The molecule has 0 aliphatic carbocycles. The molecule has 1 heterocycles. The average Bonchev–Trinajstić information content (AvgIpc) is 3.19. The van der Waals surface area contributed by atoms with Gasteiger partial charge in [0, 0.05) is 21.2 Å². The number of hydrogen-bond donors (Lipinski definition) is 0. The molecule has 3 aromatic carbocycles. The maximum absolute atomic E-state index is 13.0. The molecule has 4 rings (SSSR count). The van der Waals surface area contributed by atoms with Crippen LogP contribution in [0.1, 0.15) is 31.8 Å². The van der Waals surface area contributed by atoms with Crippen LogP contribution in [0.4, 0.5) is 0 Å². The minimum Gasteiger partial charge on any atom is -0.493 e. The van der Waals surface area contributed by atoms with Crippen molar-refractivity contribution in [2.75, 3.05) is 27.9 Å². The molecule has 180 valence electrons. The molecule has 0 aromatic heterocycles. The quantitative estimate of drug-likeness (QED) is 0.270. The highest BCUT2D eigenvalue weighted by molar-refractivity contribution is 9.10. The zero-order valence-electron chi connectivity index (χ0n) is 19.6. The number of methoxy groups -OCH3 is 3. The van der Waals surface area contributed by atoms with Crippen molar-refractivity contribution in [1.82, 2.24) is 0 Å². The van der Waals surface area contributed by atoms with Gasteiger partial charge in [-0.05, 0) is 49.4 Å². The molecule has 0 unspecified atom stereocenters. The Morgan fingerprint density at radius 2 is 1.60 bits per heavy atom. The van der Waals surface area contributed by atoms with Crippen molar-refractivity contribution in [2.45, 2.75) is 6.92 Å². The summed E-state index contributed by atoms with van der Waals surface area (Å²) in [7, 11) is 4.55. The minimum absolute atomic E-state index is 0.136. The summed E-state index contributed by atoms with van der Waals surface area (Å²) in [4.78, 5) is 25.5. The molecule has 35 heavy (non-hydrogen) atoms. The summed E-state index contributed by atoms with van der Waals surface area (Å²) in [6.45, 7) is 1.65. The average molecular weight is 539 g/mol. The van der Waals surface area contributed by atoms with E-state index in [1.807, 2.05) is 0 Å². The van der Waals surface area contributed by atoms with E-state index in [-0.39, 0.29) is 23.9 Å². The van der Waals surface area contributed by atoms with Gasteiger partial charge in [0.05, 0.1) is 26.9 Å². The van der Waals surface area contributed by atoms with Gasteiger partial charge in [0.2, 0.25) is 11.5 Å². The molecular weight excluding hydrogens is 516 g/mol. The number of allylic oxidation sites excluding steroid dienone is 1. The molecule has 3 aromatic rings. The molecule has 0 amide bonds. The van der Waals surface area contributed by atoms with Gasteiger partial charge in [-0.25, -0.2) is 0 Å². The van der Waals surface area contributed by atoms with Crippen molar-refractivity contribution in [1.29, 1.82) is 0 Å². The number of benzene rings is 3. The first kappa shape index (κ1) is 24.3. The van der Waals surface area contributed by atoms with Gasteiger partial charge in [-0.15, -0.1) is 0 Å². The molecule has 1 aliphatic rings. The van der Waals surface area contributed by atoms with Crippen LogP contribution < -0.4 is 23.7 Å². The molecule has 0 N–H and O–H groups in total. The van der Waals surface area contributed by atoms with Gasteiger partial charge < -0.3 is 23.7 Å². The lowest BCUT2D eigenvalue weighted by molar-refractivity contribution is 0.0920. The van der Waals surface area contributed by atoms with Gasteiger partial charge in [-0.3, -0.25) is 9.59 Å². The Morgan fingerprint density at radius 1 is 0.914 bits per heavy atom. The molecule has 0 saturated carbocycles. The first-order chi connectivity index (χ1) is 16.9. The maximum atomic E-state index is 13.0. The highest BCUT2D eigenvalue weighted by Crippen LogP contribution is 2.43. The van der Waals surface area contributed by atoms with Crippen LogP contribution in [0.3, 0.4) is 0 Å². The fourth-order valence-corrected chi connectivity index (χ4v) is 4.03. The fourth-order valence-electron chi connectivity index (χ4n) is 3.77. The van der Waals surface area contributed by atoms with Gasteiger partial charge >= 0.3 is 0 Å². The van der Waals surface area contributed by atoms with Crippen molar-refractivity contribution in [2.24, 2.45) is 0 Å². The number of Topliss-reactive ketones (excluding diaryl/α,β-unsaturated/α-hetero) is 2.